The molecule has 0 radical (unpaired) electrons. The van der Waals surface area contributed by atoms with Gasteiger partial charge in [-0.3, -0.25) is 13.9 Å². The number of aromatic nitrogens is 3. The van der Waals surface area contributed by atoms with E-state index in [2.05, 4.69) is 4.98 Å². The molecule has 7 nitrogen and oxygen atoms in total. The Balaban J connectivity index is 2.02. The number of hydrogen-bond donors (Lipinski definition) is 0. The average molecular weight is 328 g/mol. The van der Waals surface area contributed by atoms with E-state index < -0.39 is 11.2 Å². The molecule has 0 aromatic carbocycles. The number of aryl methyl sites for hydroxylation is 1. The van der Waals surface area contributed by atoms with Gasteiger partial charge in [0, 0.05) is 18.1 Å². The summed E-state index contributed by atoms with van der Waals surface area (Å²) in [6, 6.07) is 5.37. The Morgan fingerprint density at radius 2 is 2.26 bits per heavy atom. The van der Waals surface area contributed by atoms with Crippen LogP contribution in [0.2, 0.25) is 0 Å². The first kappa shape index (κ1) is 15.0. The summed E-state index contributed by atoms with van der Waals surface area (Å²) in [6.07, 6.45) is 2.84. The molecule has 0 fully saturated rings. The predicted molar refractivity (Wildman–Crippen MR) is 84.3 cm³/mol. The quantitative estimate of drug-likeness (QED) is 0.726. The van der Waals surface area contributed by atoms with Crippen LogP contribution in [0.3, 0.4) is 0 Å². The first-order valence-corrected chi connectivity index (χ1v) is 7.74. The molecule has 0 atom stereocenters. The molecule has 0 amide bonds. The third-order valence-corrected chi connectivity index (χ3v) is 4.21. The van der Waals surface area contributed by atoms with Gasteiger partial charge in [0.2, 0.25) is 0 Å². The summed E-state index contributed by atoms with van der Waals surface area (Å²) in [5, 5.41) is 11.5. The highest BCUT2D eigenvalue weighted by atomic mass is 32.1. The molecule has 3 aromatic heterocycles. The molecule has 3 heterocycles. The molecule has 0 unspecified atom stereocenters. The lowest BCUT2D eigenvalue weighted by atomic mass is 10.3. The molecular weight excluding hydrogens is 316 g/mol. The molecule has 3 aromatic rings. The first-order chi connectivity index (χ1) is 11.1. The normalized spacial score (nSPS) is 10.6. The van der Waals surface area contributed by atoms with Crippen molar-refractivity contribution in [1.82, 2.24) is 14.1 Å². The van der Waals surface area contributed by atoms with Crippen LogP contribution in [0.4, 0.5) is 0 Å². The Kier molecular flexibility index (Phi) is 3.95. The summed E-state index contributed by atoms with van der Waals surface area (Å²) < 4.78 is 7.64. The maximum absolute atomic E-state index is 12.3. The highest BCUT2D eigenvalue weighted by Crippen LogP contribution is 2.23. The molecule has 8 heteroatoms. The molecule has 0 saturated carbocycles. The van der Waals surface area contributed by atoms with Gasteiger partial charge in [0.05, 0.1) is 18.5 Å². The molecule has 23 heavy (non-hydrogen) atoms. The number of hydrogen-bond acceptors (Lipinski definition) is 6. The summed E-state index contributed by atoms with van der Waals surface area (Å²) in [5.41, 5.74) is -0.551. The largest absolute Gasteiger partial charge is 0.462 e. The van der Waals surface area contributed by atoms with Gasteiger partial charge in [-0.25, -0.2) is 9.78 Å². The number of thiazole rings is 1. The Morgan fingerprint density at radius 1 is 1.43 bits per heavy atom. The lowest BCUT2D eigenvalue weighted by Crippen LogP contribution is -2.41. The zero-order valence-electron chi connectivity index (χ0n) is 12.2. The van der Waals surface area contributed by atoms with Crippen LogP contribution in [0.25, 0.3) is 10.8 Å². The summed E-state index contributed by atoms with van der Waals surface area (Å²) >= 11 is 1.36. The van der Waals surface area contributed by atoms with Crippen molar-refractivity contribution in [1.29, 1.82) is 5.26 Å². The van der Waals surface area contributed by atoms with Crippen LogP contribution in [0.1, 0.15) is 18.2 Å². The summed E-state index contributed by atoms with van der Waals surface area (Å²) in [7, 11) is 0. The summed E-state index contributed by atoms with van der Waals surface area (Å²) in [4.78, 5) is 28.9. The van der Waals surface area contributed by atoms with Crippen molar-refractivity contribution in [3.63, 3.8) is 0 Å². The van der Waals surface area contributed by atoms with Gasteiger partial charge >= 0.3 is 5.69 Å². The van der Waals surface area contributed by atoms with E-state index in [0.29, 0.717) is 23.0 Å². The number of nitriles is 1. The van der Waals surface area contributed by atoms with Crippen LogP contribution in [0.15, 0.2) is 44.0 Å². The fraction of sp³-hybridized carbons (Fsp3) is 0.200. The van der Waals surface area contributed by atoms with Gasteiger partial charge in [0.25, 0.3) is 5.56 Å². The number of furan rings is 1. The average Bonchev–Trinajstić information content (AvgIpc) is 3.23. The maximum atomic E-state index is 12.3. The maximum Gasteiger partial charge on any atom is 0.331 e. The van der Waals surface area contributed by atoms with E-state index >= 15 is 0 Å². The van der Waals surface area contributed by atoms with Gasteiger partial charge in [0.15, 0.2) is 10.8 Å². The highest BCUT2D eigenvalue weighted by Gasteiger charge is 2.13. The Hall–Kier alpha value is -2.92. The van der Waals surface area contributed by atoms with E-state index in [0.717, 1.165) is 4.57 Å². The molecule has 116 valence electrons. The van der Waals surface area contributed by atoms with Gasteiger partial charge < -0.3 is 4.42 Å². The fourth-order valence-corrected chi connectivity index (χ4v) is 2.93. The molecule has 0 aliphatic heterocycles. The molecule has 0 N–H and O–H groups in total. The van der Waals surface area contributed by atoms with Crippen LogP contribution < -0.4 is 11.2 Å². The van der Waals surface area contributed by atoms with Crippen molar-refractivity contribution >= 4 is 11.3 Å². The fourth-order valence-electron chi connectivity index (χ4n) is 2.15. The molecule has 0 aliphatic rings. The Labute approximate surface area is 134 Å². The predicted octanol–water partition coefficient (Wildman–Crippen LogP) is 1.67. The van der Waals surface area contributed by atoms with Crippen molar-refractivity contribution in [2.45, 2.75) is 20.0 Å². The van der Waals surface area contributed by atoms with Crippen LogP contribution >= 0.6 is 11.3 Å². The van der Waals surface area contributed by atoms with Gasteiger partial charge in [-0.15, -0.1) is 11.3 Å². The Bertz CT molecular complexity index is 989. The minimum atomic E-state index is -0.602. The van der Waals surface area contributed by atoms with Crippen molar-refractivity contribution < 1.29 is 4.42 Å². The van der Waals surface area contributed by atoms with Crippen molar-refractivity contribution in [3.8, 4) is 16.8 Å². The minimum Gasteiger partial charge on any atom is -0.462 e. The summed E-state index contributed by atoms with van der Waals surface area (Å²) in [6.45, 7) is 2.17. The molecular formula is C15H12N4O3S. The lowest BCUT2D eigenvalue weighted by Gasteiger charge is -2.07. The SMILES string of the molecule is CCn1cc(C#N)c(=O)n(Cc2csc(-c3ccco3)n2)c1=O. The van der Waals surface area contributed by atoms with E-state index in [-0.39, 0.29) is 12.1 Å². The Morgan fingerprint density at radius 3 is 2.91 bits per heavy atom. The molecule has 0 aliphatic carbocycles. The van der Waals surface area contributed by atoms with E-state index in [4.69, 9.17) is 9.68 Å². The summed E-state index contributed by atoms with van der Waals surface area (Å²) in [5.74, 6) is 0.630. The van der Waals surface area contributed by atoms with Crippen LogP contribution in [-0.4, -0.2) is 14.1 Å². The molecule has 0 saturated heterocycles. The molecule has 3 rings (SSSR count). The molecule has 0 bridgehead atoms. The van der Waals surface area contributed by atoms with E-state index in [1.165, 1.54) is 22.1 Å². The number of rotatable bonds is 4. The third kappa shape index (κ3) is 2.74. The second-order valence-electron chi connectivity index (χ2n) is 4.74. The van der Waals surface area contributed by atoms with Crippen LogP contribution in [0.5, 0.6) is 0 Å². The zero-order valence-corrected chi connectivity index (χ0v) is 13.0. The highest BCUT2D eigenvalue weighted by molar-refractivity contribution is 7.13. The van der Waals surface area contributed by atoms with Crippen LogP contribution in [-0.2, 0) is 13.1 Å². The van der Waals surface area contributed by atoms with E-state index in [9.17, 15) is 9.59 Å². The van der Waals surface area contributed by atoms with E-state index in [1.807, 2.05) is 6.07 Å². The van der Waals surface area contributed by atoms with Crippen molar-refractivity contribution in [3.05, 3.63) is 62.1 Å². The smallest absolute Gasteiger partial charge is 0.331 e. The topological polar surface area (TPSA) is 93.8 Å². The van der Waals surface area contributed by atoms with Crippen molar-refractivity contribution in [2.24, 2.45) is 0 Å². The second kappa shape index (κ2) is 6.06. The van der Waals surface area contributed by atoms with Gasteiger partial charge in [-0.2, -0.15) is 5.26 Å². The standard InChI is InChI=1S/C15H12N4O3S/c1-2-18-7-10(6-16)14(20)19(15(18)21)8-11-9-23-13(17-11)12-4-3-5-22-12/h3-5,7,9H,2,8H2,1H3. The zero-order chi connectivity index (χ0) is 16.4. The minimum absolute atomic E-state index is 0.0182. The van der Waals surface area contributed by atoms with Gasteiger partial charge in [-0.1, -0.05) is 0 Å². The van der Waals surface area contributed by atoms with Crippen molar-refractivity contribution in [2.75, 3.05) is 0 Å². The lowest BCUT2D eigenvalue weighted by molar-refractivity contribution is 0.579. The first-order valence-electron chi connectivity index (χ1n) is 6.86. The van der Waals surface area contributed by atoms with Crippen LogP contribution in [0, 0.1) is 11.3 Å². The third-order valence-electron chi connectivity index (χ3n) is 3.30. The second-order valence-corrected chi connectivity index (χ2v) is 5.59. The number of nitrogens with zero attached hydrogens (tertiary/aromatic N) is 4. The van der Waals surface area contributed by atoms with Gasteiger partial charge in [0.1, 0.15) is 11.6 Å². The monoisotopic (exact) mass is 328 g/mol. The van der Waals surface area contributed by atoms with E-state index in [1.54, 1.807) is 30.7 Å². The molecule has 0 spiro atoms. The van der Waals surface area contributed by atoms with Gasteiger partial charge in [-0.05, 0) is 19.1 Å².